The second-order valence-electron chi connectivity index (χ2n) is 4.95. The van der Waals surface area contributed by atoms with E-state index in [0.717, 1.165) is 33.5 Å². The number of aryl methyl sites for hydroxylation is 2. The third-order valence-corrected chi connectivity index (χ3v) is 4.36. The Bertz CT molecular complexity index is 807. The van der Waals surface area contributed by atoms with Crippen LogP contribution < -0.4 is 5.32 Å². The van der Waals surface area contributed by atoms with E-state index in [1.165, 1.54) is 0 Å². The standard InChI is InChI=1S/C17H16N2OS/c1-3-12-6-4-5-11(2)16(12)19-17(20)13-7-8-14-15(9-13)21-10-18-14/h4-10H,3H2,1-2H3,(H,19,20). The van der Waals surface area contributed by atoms with Crippen molar-refractivity contribution in [1.29, 1.82) is 0 Å². The minimum Gasteiger partial charge on any atom is -0.321 e. The van der Waals surface area contributed by atoms with E-state index < -0.39 is 0 Å². The molecule has 21 heavy (non-hydrogen) atoms. The van der Waals surface area contributed by atoms with Crippen LogP contribution in [0.1, 0.15) is 28.4 Å². The first-order chi connectivity index (χ1) is 10.2. The molecule has 106 valence electrons. The number of nitrogens with zero attached hydrogens (tertiary/aromatic N) is 1. The molecule has 3 nitrogen and oxygen atoms in total. The van der Waals surface area contributed by atoms with Crippen molar-refractivity contribution in [2.24, 2.45) is 0 Å². The van der Waals surface area contributed by atoms with Gasteiger partial charge in [-0.15, -0.1) is 11.3 Å². The molecule has 3 aromatic rings. The van der Waals surface area contributed by atoms with E-state index in [-0.39, 0.29) is 5.91 Å². The van der Waals surface area contributed by atoms with E-state index in [4.69, 9.17) is 0 Å². The Balaban J connectivity index is 1.92. The highest BCUT2D eigenvalue weighted by atomic mass is 32.1. The third-order valence-electron chi connectivity index (χ3n) is 3.57. The number of carbonyl (C=O) groups is 1. The highest BCUT2D eigenvalue weighted by molar-refractivity contribution is 7.16. The molecule has 0 unspecified atom stereocenters. The van der Waals surface area contributed by atoms with Gasteiger partial charge in [-0.05, 0) is 42.7 Å². The maximum Gasteiger partial charge on any atom is 0.255 e. The number of fused-ring (bicyclic) bond motifs is 1. The number of amides is 1. The van der Waals surface area contributed by atoms with Gasteiger partial charge in [-0.3, -0.25) is 4.79 Å². The summed E-state index contributed by atoms with van der Waals surface area (Å²) in [5.41, 5.74) is 6.56. The average Bonchev–Trinajstić information content (AvgIpc) is 2.96. The highest BCUT2D eigenvalue weighted by Crippen LogP contribution is 2.23. The smallest absolute Gasteiger partial charge is 0.255 e. The number of hydrogen-bond acceptors (Lipinski definition) is 3. The molecule has 0 fully saturated rings. The van der Waals surface area contributed by atoms with Gasteiger partial charge in [0, 0.05) is 11.3 Å². The van der Waals surface area contributed by atoms with Gasteiger partial charge in [-0.1, -0.05) is 25.1 Å². The van der Waals surface area contributed by atoms with Crippen LogP contribution in [-0.2, 0) is 6.42 Å². The number of carbonyl (C=O) groups excluding carboxylic acids is 1. The zero-order chi connectivity index (χ0) is 14.8. The zero-order valence-corrected chi connectivity index (χ0v) is 12.8. The van der Waals surface area contributed by atoms with Crippen LogP contribution in [0.25, 0.3) is 10.2 Å². The minimum atomic E-state index is -0.0747. The Kier molecular flexibility index (Phi) is 3.71. The molecule has 0 spiro atoms. The maximum absolute atomic E-state index is 12.5. The van der Waals surface area contributed by atoms with E-state index in [1.807, 2.05) is 37.3 Å². The molecule has 0 saturated heterocycles. The average molecular weight is 296 g/mol. The predicted octanol–water partition coefficient (Wildman–Crippen LogP) is 4.42. The van der Waals surface area contributed by atoms with Gasteiger partial charge in [0.1, 0.15) is 0 Å². The molecule has 0 aliphatic carbocycles. The maximum atomic E-state index is 12.5. The number of rotatable bonds is 3. The van der Waals surface area contributed by atoms with Gasteiger partial charge in [0.2, 0.25) is 0 Å². The van der Waals surface area contributed by atoms with E-state index in [1.54, 1.807) is 16.8 Å². The van der Waals surface area contributed by atoms with Crippen molar-refractivity contribution in [3.63, 3.8) is 0 Å². The lowest BCUT2D eigenvalue weighted by atomic mass is 10.1. The van der Waals surface area contributed by atoms with Gasteiger partial charge >= 0.3 is 0 Å². The summed E-state index contributed by atoms with van der Waals surface area (Å²) in [5.74, 6) is -0.0747. The van der Waals surface area contributed by atoms with Crippen LogP contribution >= 0.6 is 11.3 Å². The molecule has 0 aliphatic rings. The van der Waals surface area contributed by atoms with Gasteiger partial charge in [0.15, 0.2) is 0 Å². The lowest BCUT2D eigenvalue weighted by Crippen LogP contribution is -2.14. The number of para-hydroxylation sites is 1. The van der Waals surface area contributed by atoms with Gasteiger partial charge in [0.05, 0.1) is 15.7 Å². The molecular formula is C17H16N2OS. The predicted molar refractivity (Wildman–Crippen MR) is 88.1 cm³/mol. The Morgan fingerprint density at radius 3 is 2.95 bits per heavy atom. The summed E-state index contributed by atoms with van der Waals surface area (Å²) in [6, 6.07) is 11.7. The topological polar surface area (TPSA) is 42.0 Å². The molecule has 0 atom stereocenters. The van der Waals surface area contributed by atoms with Crippen LogP contribution in [0, 0.1) is 6.92 Å². The summed E-state index contributed by atoms with van der Waals surface area (Å²) in [5, 5.41) is 3.05. The molecule has 0 radical (unpaired) electrons. The number of nitrogens with one attached hydrogen (secondary N) is 1. The number of thiazole rings is 1. The summed E-state index contributed by atoms with van der Waals surface area (Å²) in [6.07, 6.45) is 0.894. The summed E-state index contributed by atoms with van der Waals surface area (Å²) in [4.78, 5) is 16.7. The number of aromatic nitrogens is 1. The lowest BCUT2D eigenvalue weighted by Gasteiger charge is -2.13. The molecular weight excluding hydrogens is 280 g/mol. The summed E-state index contributed by atoms with van der Waals surface area (Å²) in [6.45, 7) is 4.11. The van der Waals surface area contributed by atoms with Crippen LogP contribution in [0.2, 0.25) is 0 Å². The van der Waals surface area contributed by atoms with E-state index >= 15 is 0 Å². The Morgan fingerprint density at radius 1 is 1.29 bits per heavy atom. The Labute approximate surface area is 127 Å². The largest absolute Gasteiger partial charge is 0.321 e. The van der Waals surface area contributed by atoms with Gasteiger partial charge < -0.3 is 5.32 Å². The Morgan fingerprint density at radius 2 is 2.14 bits per heavy atom. The molecule has 1 aromatic heterocycles. The van der Waals surface area contributed by atoms with Crippen molar-refractivity contribution in [2.75, 3.05) is 5.32 Å². The van der Waals surface area contributed by atoms with E-state index in [9.17, 15) is 4.79 Å². The molecule has 1 amide bonds. The second kappa shape index (κ2) is 5.66. The first-order valence-corrected chi connectivity index (χ1v) is 7.80. The fourth-order valence-electron chi connectivity index (χ4n) is 2.38. The number of hydrogen-bond donors (Lipinski definition) is 1. The number of benzene rings is 2. The molecule has 0 bridgehead atoms. The van der Waals surface area contributed by atoms with Crippen LogP contribution in [0.15, 0.2) is 41.9 Å². The first-order valence-electron chi connectivity index (χ1n) is 6.92. The normalized spacial score (nSPS) is 10.8. The highest BCUT2D eigenvalue weighted by Gasteiger charge is 2.11. The zero-order valence-electron chi connectivity index (χ0n) is 12.0. The monoisotopic (exact) mass is 296 g/mol. The third kappa shape index (κ3) is 2.67. The van der Waals surface area contributed by atoms with Crippen molar-refractivity contribution in [3.8, 4) is 0 Å². The molecule has 0 saturated carbocycles. The molecule has 0 aliphatic heterocycles. The molecule has 4 heteroatoms. The number of anilines is 1. The van der Waals surface area contributed by atoms with Crippen LogP contribution in [-0.4, -0.2) is 10.9 Å². The van der Waals surface area contributed by atoms with E-state index in [0.29, 0.717) is 5.56 Å². The van der Waals surface area contributed by atoms with Gasteiger partial charge in [-0.25, -0.2) is 4.98 Å². The fourth-order valence-corrected chi connectivity index (χ4v) is 3.10. The molecule has 3 rings (SSSR count). The van der Waals surface area contributed by atoms with Crippen molar-refractivity contribution in [3.05, 3.63) is 58.6 Å². The van der Waals surface area contributed by atoms with Gasteiger partial charge in [-0.2, -0.15) is 0 Å². The van der Waals surface area contributed by atoms with Crippen LogP contribution in [0.3, 0.4) is 0 Å². The quantitative estimate of drug-likeness (QED) is 0.777. The van der Waals surface area contributed by atoms with Crippen molar-refractivity contribution >= 4 is 33.1 Å². The minimum absolute atomic E-state index is 0.0747. The Hall–Kier alpha value is -2.20. The van der Waals surface area contributed by atoms with Crippen molar-refractivity contribution < 1.29 is 4.79 Å². The summed E-state index contributed by atoms with van der Waals surface area (Å²) < 4.78 is 1.03. The lowest BCUT2D eigenvalue weighted by molar-refractivity contribution is 0.102. The van der Waals surface area contributed by atoms with Crippen molar-refractivity contribution in [2.45, 2.75) is 20.3 Å². The van der Waals surface area contributed by atoms with E-state index in [2.05, 4.69) is 23.3 Å². The fraction of sp³-hybridized carbons (Fsp3) is 0.176. The second-order valence-corrected chi connectivity index (χ2v) is 5.84. The summed E-state index contributed by atoms with van der Waals surface area (Å²) in [7, 11) is 0. The van der Waals surface area contributed by atoms with Crippen molar-refractivity contribution in [1.82, 2.24) is 4.98 Å². The van der Waals surface area contributed by atoms with Crippen LogP contribution in [0.5, 0.6) is 0 Å². The van der Waals surface area contributed by atoms with Gasteiger partial charge in [0.25, 0.3) is 5.91 Å². The van der Waals surface area contributed by atoms with Crippen LogP contribution in [0.4, 0.5) is 5.69 Å². The molecule has 1 heterocycles. The molecule has 2 aromatic carbocycles. The first kappa shape index (κ1) is 13.8. The SMILES string of the molecule is CCc1cccc(C)c1NC(=O)c1ccc2ncsc2c1. The molecule has 1 N–H and O–H groups in total. The summed E-state index contributed by atoms with van der Waals surface area (Å²) >= 11 is 1.54.